The molecule has 1 rings (SSSR count). The van der Waals surface area contributed by atoms with E-state index in [1.165, 1.54) is 12.8 Å². The largest absolute Gasteiger partial charge is 0.379 e. The van der Waals surface area contributed by atoms with Gasteiger partial charge in [-0.1, -0.05) is 20.8 Å². The van der Waals surface area contributed by atoms with Gasteiger partial charge in [-0.25, -0.2) is 0 Å². The van der Waals surface area contributed by atoms with Crippen molar-refractivity contribution < 1.29 is 4.74 Å². The summed E-state index contributed by atoms with van der Waals surface area (Å²) in [6.07, 6.45) is 2.52. The fraction of sp³-hybridized carbons (Fsp3) is 1.00. The molecule has 1 N–H and O–H groups in total. The molecule has 1 atom stereocenters. The van der Waals surface area contributed by atoms with Crippen LogP contribution in [0, 0.1) is 5.41 Å². The van der Waals surface area contributed by atoms with E-state index in [1.807, 2.05) is 0 Å². The Morgan fingerprint density at radius 3 is 2.92 bits per heavy atom. The zero-order valence-corrected chi connectivity index (χ0v) is 8.52. The van der Waals surface area contributed by atoms with Crippen molar-refractivity contribution in [2.75, 3.05) is 19.8 Å². The van der Waals surface area contributed by atoms with Crippen molar-refractivity contribution in [2.24, 2.45) is 5.41 Å². The topological polar surface area (TPSA) is 21.3 Å². The molecule has 1 heterocycles. The average Bonchev–Trinajstić information content (AvgIpc) is 2.14. The highest BCUT2D eigenvalue weighted by atomic mass is 16.5. The average molecular weight is 171 g/mol. The highest BCUT2D eigenvalue weighted by Crippen LogP contribution is 2.26. The zero-order chi connectivity index (χ0) is 9.03. The first kappa shape index (κ1) is 10.0. The summed E-state index contributed by atoms with van der Waals surface area (Å²) in [6, 6.07) is 0.580. The molecular formula is C10H21NO. The number of likely N-dealkylation sites (N-methyl/N-ethyl adjacent to an activating group) is 1. The molecule has 2 nitrogen and oxygen atoms in total. The maximum atomic E-state index is 5.61. The smallest absolute Gasteiger partial charge is 0.0619 e. The van der Waals surface area contributed by atoms with Crippen LogP contribution >= 0.6 is 0 Å². The van der Waals surface area contributed by atoms with Gasteiger partial charge in [-0.15, -0.1) is 0 Å². The summed E-state index contributed by atoms with van der Waals surface area (Å²) < 4.78 is 5.61. The molecule has 1 unspecified atom stereocenters. The number of hydrogen-bond donors (Lipinski definition) is 1. The molecule has 0 aromatic heterocycles. The summed E-state index contributed by atoms with van der Waals surface area (Å²) in [7, 11) is 0. The quantitative estimate of drug-likeness (QED) is 0.684. The summed E-state index contributed by atoms with van der Waals surface area (Å²) in [5.74, 6) is 0. The summed E-state index contributed by atoms with van der Waals surface area (Å²) in [4.78, 5) is 0. The first-order valence-corrected chi connectivity index (χ1v) is 4.95. The molecule has 2 heteroatoms. The Hall–Kier alpha value is -0.0800. The lowest BCUT2D eigenvalue weighted by molar-refractivity contribution is 0.0725. The van der Waals surface area contributed by atoms with Gasteiger partial charge in [0.05, 0.1) is 13.2 Å². The van der Waals surface area contributed by atoms with Gasteiger partial charge in [-0.2, -0.15) is 0 Å². The van der Waals surface area contributed by atoms with Crippen molar-refractivity contribution in [2.45, 2.75) is 39.7 Å². The Labute approximate surface area is 75.7 Å². The second-order valence-corrected chi connectivity index (χ2v) is 4.47. The van der Waals surface area contributed by atoms with Crippen molar-refractivity contribution in [3.63, 3.8) is 0 Å². The molecule has 0 bridgehead atoms. The van der Waals surface area contributed by atoms with E-state index in [1.54, 1.807) is 0 Å². The standard InChI is InChI=1S/C10H21NO/c1-4-11-9-5-6-10(2,3)8-12-7-9/h9,11H,4-8H2,1-3H3. The van der Waals surface area contributed by atoms with Crippen LogP contribution in [0.15, 0.2) is 0 Å². The number of ether oxygens (including phenoxy) is 1. The summed E-state index contributed by atoms with van der Waals surface area (Å²) >= 11 is 0. The van der Waals surface area contributed by atoms with Gasteiger partial charge < -0.3 is 10.1 Å². The van der Waals surface area contributed by atoms with Crippen molar-refractivity contribution in [1.82, 2.24) is 5.32 Å². The fourth-order valence-electron chi connectivity index (χ4n) is 1.65. The minimum absolute atomic E-state index is 0.379. The van der Waals surface area contributed by atoms with E-state index >= 15 is 0 Å². The molecule has 1 aliphatic rings. The van der Waals surface area contributed by atoms with Crippen molar-refractivity contribution in [3.05, 3.63) is 0 Å². The maximum absolute atomic E-state index is 5.61. The Balaban J connectivity index is 2.34. The van der Waals surface area contributed by atoms with Crippen LogP contribution in [0.1, 0.15) is 33.6 Å². The molecule has 0 aromatic rings. The number of rotatable bonds is 2. The van der Waals surface area contributed by atoms with Crippen LogP contribution in [0.25, 0.3) is 0 Å². The van der Waals surface area contributed by atoms with E-state index in [0.717, 1.165) is 19.8 Å². The lowest BCUT2D eigenvalue weighted by atomic mass is 9.88. The lowest BCUT2D eigenvalue weighted by Gasteiger charge is -2.20. The van der Waals surface area contributed by atoms with E-state index in [0.29, 0.717) is 11.5 Å². The van der Waals surface area contributed by atoms with E-state index in [9.17, 15) is 0 Å². The van der Waals surface area contributed by atoms with Crippen LogP contribution in [0.3, 0.4) is 0 Å². The molecule has 0 aliphatic carbocycles. The zero-order valence-electron chi connectivity index (χ0n) is 8.52. The van der Waals surface area contributed by atoms with Crippen LogP contribution in [-0.4, -0.2) is 25.8 Å². The third-order valence-electron chi connectivity index (χ3n) is 2.47. The van der Waals surface area contributed by atoms with Gasteiger partial charge in [0.2, 0.25) is 0 Å². The minimum Gasteiger partial charge on any atom is -0.379 e. The van der Waals surface area contributed by atoms with Gasteiger partial charge in [0.25, 0.3) is 0 Å². The van der Waals surface area contributed by atoms with E-state index in [4.69, 9.17) is 4.74 Å². The van der Waals surface area contributed by atoms with Crippen LogP contribution in [0.2, 0.25) is 0 Å². The second-order valence-electron chi connectivity index (χ2n) is 4.47. The van der Waals surface area contributed by atoms with Gasteiger partial charge >= 0.3 is 0 Å². The monoisotopic (exact) mass is 171 g/mol. The van der Waals surface area contributed by atoms with E-state index < -0.39 is 0 Å². The SMILES string of the molecule is CCNC1CCC(C)(C)COC1. The minimum atomic E-state index is 0.379. The number of nitrogens with one attached hydrogen (secondary N) is 1. The number of hydrogen-bond acceptors (Lipinski definition) is 2. The summed E-state index contributed by atoms with van der Waals surface area (Å²) in [5.41, 5.74) is 0.379. The summed E-state index contributed by atoms with van der Waals surface area (Å²) in [6.45, 7) is 9.55. The molecule has 0 amide bonds. The molecule has 0 spiro atoms. The normalized spacial score (nSPS) is 29.8. The molecule has 0 aromatic carbocycles. The molecule has 1 aliphatic heterocycles. The molecule has 12 heavy (non-hydrogen) atoms. The Morgan fingerprint density at radius 2 is 2.25 bits per heavy atom. The molecule has 0 saturated carbocycles. The van der Waals surface area contributed by atoms with Crippen molar-refractivity contribution in [1.29, 1.82) is 0 Å². The Kier molecular flexibility index (Phi) is 3.53. The second kappa shape index (κ2) is 4.24. The van der Waals surface area contributed by atoms with Gasteiger partial charge in [-0.3, -0.25) is 0 Å². The fourth-order valence-corrected chi connectivity index (χ4v) is 1.65. The Morgan fingerprint density at radius 1 is 1.50 bits per heavy atom. The molecule has 1 fully saturated rings. The van der Waals surface area contributed by atoms with E-state index in [-0.39, 0.29) is 0 Å². The Bertz CT molecular complexity index is 134. The molecular weight excluding hydrogens is 150 g/mol. The van der Waals surface area contributed by atoms with Gasteiger partial charge in [0, 0.05) is 6.04 Å². The van der Waals surface area contributed by atoms with Crippen LogP contribution < -0.4 is 5.32 Å². The van der Waals surface area contributed by atoms with Crippen LogP contribution in [-0.2, 0) is 4.74 Å². The van der Waals surface area contributed by atoms with Crippen molar-refractivity contribution >= 4 is 0 Å². The molecule has 0 radical (unpaired) electrons. The highest BCUT2D eigenvalue weighted by Gasteiger charge is 2.24. The van der Waals surface area contributed by atoms with Gasteiger partial charge in [0.15, 0.2) is 0 Å². The molecule has 72 valence electrons. The van der Waals surface area contributed by atoms with Crippen LogP contribution in [0.5, 0.6) is 0 Å². The lowest BCUT2D eigenvalue weighted by Crippen LogP contribution is -2.32. The summed E-state index contributed by atoms with van der Waals surface area (Å²) in [5, 5.41) is 3.44. The molecule has 1 saturated heterocycles. The first-order chi connectivity index (χ1) is 5.64. The third kappa shape index (κ3) is 3.11. The van der Waals surface area contributed by atoms with Crippen LogP contribution in [0.4, 0.5) is 0 Å². The van der Waals surface area contributed by atoms with E-state index in [2.05, 4.69) is 26.1 Å². The first-order valence-electron chi connectivity index (χ1n) is 4.95. The predicted molar refractivity (Wildman–Crippen MR) is 51.3 cm³/mol. The van der Waals surface area contributed by atoms with Gasteiger partial charge in [-0.05, 0) is 24.8 Å². The predicted octanol–water partition coefficient (Wildman–Crippen LogP) is 1.80. The third-order valence-corrected chi connectivity index (χ3v) is 2.47. The highest BCUT2D eigenvalue weighted by molar-refractivity contribution is 4.77. The van der Waals surface area contributed by atoms with Gasteiger partial charge in [0.1, 0.15) is 0 Å². The van der Waals surface area contributed by atoms with Crippen molar-refractivity contribution in [3.8, 4) is 0 Å². The maximum Gasteiger partial charge on any atom is 0.0619 e.